The maximum atomic E-state index is 5.67. The molecule has 0 saturated heterocycles. The molecule has 0 aliphatic heterocycles. The number of hydrogen-bond acceptors (Lipinski definition) is 3. The predicted octanol–water partition coefficient (Wildman–Crippen LogP) is 2.75. The van der Waals surface area contributed by atoms with Crippen molar-refractivity contribution in [3.63, 3.8) is 0 Å². The van der Waals surface area contributed by atoms with Crippen LogP contribution in [-0.4, -0.2) is 22.3 Å². The van der Waals surface area contributed by atoms with Crippen molar-refractivity contribution in [3.05, 3.63) is 40.6 Å². The molecule has 1 atom stereocenters. The Morgan fingerprint density at radius 3 is 2.61 bits per heavy atom. The zero-order chi connectivity index (χ0) is 17.0. The zero-order valence-corrected chi connectivity index (χ0v) is 14.9. The first-order valence-electron chi connectivity index (χ1n) is 8.02. The number of hydrogen-bond donors (Lipinski definition) is 2. The minimum absolute atomic E-state index is 0.0533. The van der Waals surface area contributed by atoms with E-state index in [1.54, 1.807) is 0 Å². The molecule has 0 aliphatic rings. The molecule has 2 aromatic heterocycles. The quantitative estimate of drug-likeness (QED) is 0.657. The number of aliphatic imine (C=N–C) groups is 1. The molecule has 0 saturated carbocycles. The fourth-order valence-electron chi connectivity index (χ4n) is 2.49. The second-order valence-corrected chi connectivity index (χ2v) is 5.78. The predicted molar refractivity (Wildman–Crippen MR) is 92.5 cm³/mol. The van der Waals surface area contributed by atoms with Crippen LogP contribution in [0.1, 0.15) is 48.4 Å². The van der Waals surface area contributed by atoms with Gasteiger partial charge in [-0.25, -0.2) is 4.99 Å². The normalized spacial score (nSPS) is 13.2. The molecule has 23 heavy (non-hydrogen) atoms. The summed E-state index contributed by atoms with van der Waals surface area (Å²) in [5.74, 6) is 2.59. The highest BCUT2D eigenvalue weighted by molar-refractivity contribution is 5.80. The largest absolute Gasteiger partial charge is 0.464 e. The van der Waals surface area contributed by atoms with Crippen molar-refractivity contribution in [2.75, 3.05) is 6.54 Å². The Hall–Kier alpha value is -2.24. The van der Waals surface area contributed by atoms with Gasteiger partial charge < -0.3 is 15.1 Å². The number of guanidine groups is 1. The molecule has 0 aliphatic carbocycles. The van der Waals surface area contributed by atoms with Crippen LogP contribution in [0.15, 0.2) is 21.5 Å². The Bertz CT molecular complexity index is 683. The molecule has 6 nitrogen and oxygen atoms in total. The van der Waals surface area contributed by atoms with E-state index >= 15 is 0 Å². The van der Waals surface area contributed by atoms with Crippen LogP contribution in [0.4, 0.5) is 0 Å². The number of nitrogens with one attached hydrogen (secondary N) is 2. The van der Waals surface area contributed by atoms with E-state index in [0.717, 1.165) is 35.4 Å². The summed E-state index contributed by atoms with van der Waals surface area (Å²) in [7, 11) is 1.96. The zero-order valence-electron chi connectivity index (χ0n) is 14.9. The Morgan fingerprint density at radius 1 is 1.35 bits per heavy atom. The second kappa shape index (κ2) is 7.35. The van der Waals surface area contributed by atoms with Crippen molar-refractivity contribution in [2.24, 2.45) is 12.0 Å². The van der Waals surface area contributed by atoms with Gasteiger partial charge in [0, 0.05) is 24.8 Å². The van der Waals surface area contributed by atoms with E-state index < -0.39 is 0 Å². The first-order valence-corrected chi connectivity index (χ1v) is 8.02. The van der Waals surface area contributed by atoms with Crippen molar-refractivity contribution >= 4 is 5.96 Å². The van der Waals surface area contributed by atoms with Gasteiger partial charge in [-0.3, -0.25) is 4.68 Å². The summed E-state index contributed by atoms with van der Waals surface area (Å²) in [6, 6.07) is 4.02. The van der Waals surface area contributed by atoms with Gasteiger partial charge in [-0.2, -0.15) is 5.10 Å². The molecule has 2 rings (SSSR count). The average Bonchev–Trinajstić information content (AvgIpc) is 3.02. The second-order valence-electron chi connectivity index (χ2n) is 5.78. The Morgan fingerprint density at radius 2 is 2.09 bits per heavy atom. The van der Waals surface area contributed by atoms with Crippen LogP contribution in [0.2, 0.25) is 0 Å². The van der Waals surface area contributed by atoms with Crippen molar-refractivity contribution in [1.29, 1.82) is 0 Å². The average molecular weight is 317 g/mol. The number of nitrogens with zero attached hydrogens (tertiary/aromatic N) is 3. The van der Waals surface area contributed by atoms with E-state index in [1.165, 1.54) is 5.56 Å². The Balaban J connectivity index is 2.11. The van der Waals surface area contributed by atoms with Crippen LogP contribution in [0, 0.1) is 20.8 Å². The maximum Gasteiger partial charge on any atom is 0.192 e. The Labute approximate surface area is 138 Å². The molecule has 0 amide bonds. The molecule has 2 N–H and O–H groups in total. The van der Waals surface area contributed by atoms with E-state index in [9.17, 15) is 0 Å². The fraction of sp³-hybridized carbons (Fsp3) is 0.529. The van der Waals surface area contributed by atoms with Gasteiger partial charge in [0.15, 0.2) is 5.96 Å². The summed E-state index contributed by atoms with van der Waals surface area (Å²) in [5.41, 5.74) is 3.35. The van der Waals surface area contributed by atoms with Gasteiger partial charge >= 0.3 is 0 Å². The molecule has 6 heteroatoms. The van der Waals surface area contributed by atoms with E-state index in [2.05, 4.69) is 36.5 Å². The van der Waals surface area contributed by atoms with Gasteiger partial charge in [-0.15, -0.1) is 0 Å². The summed E-state index contributed by atoms with van der Waals surface area (Å²) in [6.07, 6.45) is 0. The van der Waals surface area contributed by atoms with Gasteiger partial charge in [-0.05, 0) is 46.8 Å². The van der Waals surface area contributed by atoms with Crippen molar-refractivity contribution in [1.82, 2.24) is 20.4 Å². The van der Waals surface area contributed by atoms with Crippen LogP contribution >= 0.6 is 0 Å². The highest BCUT2D eigenvalue weighted by Crippen LogP contribution is 2.16. The van der Waals surface area contributed by atoms with E-state index in [-0.39, 0.29) is 6.04 Å². The molecule has 0 radical (unpaired) electrons. The van der Waals surface area contributed by atoms with Gasteiger partial charge in [0.05, 0.1) is 18.3 Å². The molecule has 0 fully saturated rings. The van der Waals surface area contributed by atoms with Gasteiger partial charge in [0.1, 0.15) is 11.5 Å². The monoisotopic (exact) mass is 317 g/mol. The molecule has 0 aromatic carbocycles. The smallest absolute Gasteiger partial charge is 0.192 e. The van der Waals surface area contributed by atoms with Crippen molar-refractivity contribution in [2.45, 2.75) is 47.2 Å². The third kappa shape index (κ3) is 4.15. The summed E-state index contributed by atoms with van der Waals surface area (Å²) >= 11 is 0. The van der Waals surface area contributed by atoms with Crippen LogP contribution in [-0.2, 0) is 13.6 Å². The standard InChI is InChI=1S/C17H27N5O/c1-7-18-17(20-13(4)16-9-8-11(2)23-16)19-10-15-12(3)21-22(6)14(15)5/h8-9,13H,7,10H2,1-6H3,(H2,18,19,20). The highest BCUT2D eigenvalue weighted by Gasteiger charge is 2.12. The molecule has 126 valence electrons. The lowest BCUT2D eigenvalue weighted by Crippen LogP contribution is -2.38. The van der Waals surface area contributed by atoms with Gasteiger partial charge in [-0.1, -0.05) is 0 Å². The van der Waals surface area contributed by atoms with Crippen LogP contribution < -0.4 is 10.6 Å². The van der Waals surface area contributed by atoms with Crippen LogP contribution in [0.5, 0.6) is 0 Å². The van der Waals surface area contributed by atoms with E-state index in [0.29, 0.717) is 6.54 Å². The third-order valence-electron chi connectivity index (χ3n) is 3.94. The lowest BCUT2D eigenvalue weighted by atomic mass is 10.2. The first-order chi connectivity index (χ1) is 10.9. The van der Waals surface area contributed by atoms with Crippen LogP contribution in [0.3, 0.4) is 0 Å². The summed E-state index contributed by atoms with van der Waals surface area (Å²) in [4.78, 5) is 4.69. The minimum Gasteiger partial charge on any atom is -0.464 e. The SMILES string of the molecule is CCNC(=NCc1c(C)nn(C)c1C)NC(C)c1ccc(C)o1. The molecule has 2 heterocycles. The summed E-state index contributed by atoms with van der Waals surface area (Å²) in [5, 5.41) is 11.1. The minimum atomic E-state index is 0.0533. The number of rotatable bonds is 5. The summed E-state index contributed by atoms with van der Waals surface area (Å²) < 4.78 is 7.57. The molecule has 1 unspecified atom stereocenters. The highest BCUT2D eigenvalue weighted by atomic mass is 16.3. The fourth-order valence-corrected chi connectivity index (χ4v) is 2.49. The number of aryl methyl sites for hydroxylation is 3. The van der Waals surface area contributed by atoms with Gasteiger partial charge in [0.25, 0.3) is 0 Å². The van der Waals surface area contributed by atoms with Crippen molar-refractivity contribution < 1.29 is 4.42 Å². The van der Waals surface area contributed by atoms with Gasteiger partial charge in [0.2, 0.25) is 0 Å². The topological polar surface area (TPSA) is 67.4 Å². The lowest BCUT2D eigenvalue weighted by Gasteiger charge is -2.16. The third-order valence-corrected chi connectivity index (χ3v) is 3.94. The lowest BCUT2D eigenvalue weighted by molar-refractivity contribution is 0.441. The Kier molecular flexibility index (Phi) is 5.47. The molecule has 0 spiro atoms. The molecular formula is C17H27N5O. The number of aromatic nitrogens is 2. The molecule has 2 aromatic rings. The van der Waals surface area contributed by atoms with E-state index in [4.69, 9.17) is 9.41 Å². The van der Waals surface area contributed by atoms with Crippen molar-refractivity contribution in [3.8, 4) is 0 Å². The van der Waals surface area contributed by atoms with Crippen LogP contribution in [0.25, 0.3) is 0 Å². The number of furan rings is 1. The summed E-state index contributed by atoms with van der Waals surface area (Å²) in [6.45, 7) is 11.6. The first kappa shape index (κ1) is 17.1. The molecule has 0 bridgehead atoms. The van der Waals surface area contributed by atoms with E-state index in [1.807, 2.05) is 37.7 Å². The maximum absolute atomic E-state index is 5.67. The molecular weight excluding hydrogens is 290 g/mol.